The van der Waals surface area contributed by atoms with Crippen molar-refractivity contribution in [3.8, 4) is 0 Å². The Hall–Kier alpha value is -0.580. The normalized spacial score (nSPS) is 13.6. The molecule has 96 valence electrons. The minimum atomic E-state index is -0.293. The second-order valence-electron chi connectivity index (χ2n) is 5.03. The summed E-state index contributed by atoms with van der Waals surface area (Å²) in [6.45, 7) is 6.06. The first-order chi connectivity index (χ1) is 7.79. The summed E-state index contributed by atoms with van der Waals surface area (Å²) < 4.78 is 0.997. The van der Waals surface area contributed by atoms with Crippen LogP contribution in [0.3, 0.4) is 0 Å². The number of nitrogens with zero attached hydrogens (tertiary/aromatic N) is 1. The summed E-state index contributed by atoms with van der Waals surface area (Å²) in [5.74, 6) is 0. The Morgan fingerprint density at radius 1 is 1.47 bits per heavy atom. The summed E-state index contributed by atoms with van der Waals surface area (Å²) in [6.07, 6.45) is 0. The monoisotopic (exact) mass is 300 g/mol. The van der Waals surface area contributed by atoms with Gasteiger partial charge in [-0.3, -0.25) is 0 Å². The number of nitrogens with two attached hydrogens (primary N) is 1. The molecule has 0 spiro atoms. The molecule has 0 heterocycles. The molecule has 3 N–H and O–H groups in total. The van der Waals surface area contributed by atoms with Crippen molar-refractivity contribution in [2.24, 2.45) is 5.73 Å². The molecule has 0 amide bonds. The first kappa shape index (κ1) is 14.5. The number of aliphatic hydroxyl groups is 1. The Bertz CT molecular complexity index is 391. The highest BCUT2D eigenvalue weighted by Crippen LogP contribution is 2.31. The van der Waals surface area contributed by atoms with Gasteiger partial charge in [-0.15, -0.1) is 0 Å². The van der Waals surface area contributed by atoms with Crippen LogP contribution in [0.2, 0.25) is 0 Å². The van der Waals surface area contributed by atoms with Crippen LogP contribution in [0.1, 0.15) is 32.4 Å². The van der Waals surface area contributed by atoms with E-state index in [0.29, 0.717) is 0 Å². The molecule has 0 bridgehead atoms. The predicted molar refractivity (Wildman–Crippen MR) is 76.3 cm³/mol. The van der Waals surface area contributed by atoms with Gasteiger partial charge in [0.1, 0.15) is 0 Å². The van der Waals surface area contributed by atoms with Crippen molar-refractivity contribution >= 4 is 21.6 Å². The van der Waals surface area contributed by atoms with Gasteiger partial charge in [0.15, 0.2) is 0 Å². The van der Waals surface area contributed by atoms with Gasteiger partial charge in [0.25, 0.3) is 0 Å². The molecule has 0 radical (unpaired) electrons. The molecule has 3 nitrogen and oxygen atoms in total. The average molecular weight is 301 g/mol. The molecule has 0 aromatic heterocycles. The molecule has 1 unspecified atom stereocenters. The molecule has 0 saturated carbocycles. The standard InChI is InChI=1S/C13H21BrN2O/c1-9(15)10-5-6-12(11(14)7-10)16(4)13(2,3)8-17/h5-7,9,17H,8,15H2,1-4H3. The third kappa shape index (κ3) is 3.21. The number of benzene rings is 1. The molecule has 1 aromatic carbocycles. The average Bonchev–Trinajstić information content (AvgIpc) is 2.27. The molecule has 0 aliphatic carbocycles. The van der Waals surface area contributed by atoms with Gasteiger partial charge in [-0.25, -0.2) is 0 Å². The number of aliphatic hydroxyl groups excluding tert-OH is 1. The van der Waals surface area contributed by atoms with Crippen LogP contribution < -0.4 is 10.6 Å². The molecule has 17 heavy (non-hydrogen) atoms. The number of rotatable bonds is 4. The third-order valence-electron chi connectivity index (χ3n) is 3.15. The summed E-state index contributed by atoms with van der Waals surface area (Å²) in [4.78, 5) is 2.06. The van der Waals surface area contributed by atoms with Gasteiger partial charge in [0.05, 0.1) is 17.8 Å². The maximum atomic E-state index is 9.38. The van der Waals surface area contributed by atoms with Crippen LogP contribution in [0, 0.1) is 0 Å². The van der Waals surface area contributed by atoms with Gasteiger partial charge in [-0.2, -0.15) is 0 Å². The van der Waals surface area contributed by atoms with Gasteiger partial charge in [0, 0.05) is 17.6 Å². The molecular formula is C13H21BrN2O. The van der Waals surface area contributed by atoms with Crippen molar-refractivity contribution in [3.05, 3.63) is 28.2 Å². The van der Waals surface area contributed by atoms with E-state index < -0.39 is 0 Å². The number of hydrogen-bond donors (Lipinski definition) is 2. The fourth-order valence-electron chi connectivity index (χ4n) is 1.51. The quantitative estimate of drug-likeness (QED) is 0.899. The zero-order chi connectivity index (χ0) is 13.2. The fourth-order valence-corrected chi connectivity index (χ4v) is 2.17. The molecule has 4 heteroatoms. The van der Waals surface area contributed by atoms with Gasteiger partial charge in [0.2, 0.25) is 0 Å². The topological polar surface area (TPSA) is 49.5 Å². The van der Waals surface area contributed by atoms with Crippen LogP contribution in [0.15, 0.2) is 22.7 Å². The lowest BCUT2D eigenvalue weighted by Gasteiger charge is -2.36. The van der Waals surface area contributed by atoms with E-state index in [1.807, 2.05) is 46.0 Å². The van der Waals surface area contributed by atoms with Crippen molar-refractivity contribution in [2.75, 3.05) is 18.6 Å². The van der Waals surface area contributed by atoms with Gasteiger partial charge in [-0.05, 0) is 54.4 Å². The Morgan fingerprint density at radius 3 is 2.47 bits per heavy atom. The second kappa shape index (κ2) is 5.38. The summed E-state index contributed by atoms with van der Waals surface area (Å²) in [7, 11) is 1.97. The molecule has 1 aromatic rings. The lowest BCUT2D eigenvalue weighted by molar-refractivity contribution is 0.216. The smallest absolute Gasteiger partial charge is 0.0658 e. The van der Waals surface area contributed by atoms with Crippen molar-refractivity contribution in [2.45, 2.75) is 32.4 Å². The number of likely N-dealkylation sites (N-methyl/N-ethyl adjacent to an activating group) is 1. The molecule has 0 aliphatic rings. The zero-order valence-corrected chi connectivity index (χ0v) is 12.5. The van der Waals surface area contributed by atoms with Gasteiger partial charge < -0.3 is 15.7 Å². The van der Waals surface area contributed by atoms with E-state index in [0.717, 1.165) is 15.7 Å². The van der Waals surface area contributed by atoms with Crippen LogP contribution in [0.25, 0.3) is 0 Å². The second-order valence-corrected chi connectivity index (χ2v) is 5.88. The van der Waals surface area contributed by atoms with Crippen molar-refractivity contribution < 1.29 is 5.11 Å². The molecule has 1 rings (SSSR count). The molecule has 0 saturated heterocycles. The van der Waals surface area contributed by atoms with Crippen molar-refractivity contribution in [1.29, 1.82) is 0 Å². The highest BCUT2D eigenvalue weighted by Gasteiger charge is 2.24. The van der Waals surface area contributed by atoms with Crippen LogP contribution in [0.5, 0.6) is 0 Å². The van der Waals surface area contributed by atoms with Crippen LogP contribution in [0.4, 0.5) is 5.69 Å². The maximum Gasteiger partial charge on any atom is 0.0658 e. The Balaban J connectivity index is 3.08. The summed E-state index contributed by atoms with van der Waals surface area (Å²) >= 11 is 3.56. The van der Waals surface area contributed by atoms with E-state index in [9.17, 15) is 5.11 Å². The fraction of sp³-hybridized carbons (Fsp3) is 0.538. The summed E-state index contributed by atoms with van der Waals surface area (Å²) in [5, 5.41) is 9.38. The minimum Gasteiger partial charge on any atom is -0.394 e. The molecule has 0 aliphatic heterocycles. The van der Waals surface area contributed by atoms with Gasteiger partial charge >= 0.3 is 0 Å². The lowest BCUT2D eigenvalue weighted by atomic mass is 10.0. The van der Waals surface area contributed by atoms with E-state index in [-0.39, 0.29) is 18.2 Å². The molecular weight excluding hydrogens is 280 g/mol. The van der Waals surface area contributed by atoms with E-state index in [1.165, 1.54) is 0 Å². The maximum absolute atomic E-state index is 9.38. The van der Waals surface area contributed by atoms with E-state index in [2.05, 4.69) is 20.8 Å². The number of anilines is 1. The molecule has 0 fully saturated rings. The first-order valence-corrected chi connectivity index (χ1v) is 6.48. The zero-order valence-electron chi connectivity index (χ0n) is 10.9. The van der Waals surface area contributed by atoms with Crippen LogP contribution >= 0.6 is 15.9 Å². The van der Waals surface area contributed by atoms with E-state index in [1.54, 1.807) is 0 Å². The highest BCUT2D eigenvalue weighted by molar-refractivity contribution is 9.10. The van der Waals surface area contributed by atoms with E-state index in [4.69, 9.17) is 5.73 Å². The first-order valence-electron chi connectivity index (χ1n) is 5.69. The van der Waals surface area contributed by atoms with Crippen LogP contribution in [-0.2, 0) is 0 Å². The van der Waals surface area contributed by atoms with Gasteiger partial charge in [-0.1, -0.05) is 6.07 Å². The number of hydrogen-bond acceptors (Lipinski definition) is 3. The Kier molecular flexibility index (Phi) is 4.58. The molecule has 1 atom stereocenters. The lowest BCUT2D eigenvalue weighted by Crippen LogP contribution is -2.44. The van der Waals surface area contributed by atoms with Crippen molar-refractivity contribution in [1.82, 2.24) is 0 Å². The minimum absolute atomic E-state index is 0.0245. The Morgan fingerprint density at radius 2 is 2.06 bits per heavy atom. The highest BCUT2D eigenvalue weighted by atomic mass is 79.9. The largest absolute Gasteiger partial charge is 0.394 e. The third-order valence-corrected chi connectivity index (χ3v) is 3.79. The number of halogens is 1. The summed E-state index contributed by atoms with van der Waals surface area (Å²) in [6, 6.07) is 6.11. The van der Waals surface area contributed by atoms with E-state index >= 15 is 0 Å². The summed E-state index contributed by atoms with van der Waals surface area (Å²) in [5.41, 5.74) is 7.70. The SMILES string of the molecule is CC(N)c1ccc(N(C)C(C)(C)CO)c(Br)c1. The van der Waals surface area contributed by atoms with Crippen LogP contribution in [-0.4, -0.2) is 24.3 Å². The predicted octanol–water partition coefficient (Wildman–Crippen LogP) is 2.68. The van der Waals surface area contributed by atoms with Crippen molar-refractivity contribution in [3.63, 3.8) is 0 Å². The Labute approximate surface area is 112 Å².